The number of benzene rings is 4. The molecule has 0 bridgehead atoms. The summed E-state index contributed by atoms with van der Waals surface area (Å²) >= 11 is 0. The first kappa shape index (κ1) is 13.4. The molecule has 0 amide bonds. The van der Waals surface area contributed by atoms with Gasteiger partial charge in [0.05, 0.1) is 0 Å². The Balaban J connectivity index is 2.00. The molecule has 0 spiro atoms. The molecule has 4 aromatic carbocycles. The van der Waals surface area contributed by atoms with E-state index in [1.807, 2.05) is 12.1 Å². The van der Waals surface area contributed by atoms with Crippen LogP contribution in [0.2, 0.25) is 0 Å². The second-order valence-electron chi connectivity index (χ2n) is 6.23. The van der Waals surface area contributed by atoms with Gasteiger partial charge in [0.1, 0.15) is 11.5 Å². The van der Waals surface area contributed by atoms with Crippen molar-refractivity contribution in [3.8, 4) is 22.6 Å². The summed E-state index contributed by atoms with van der Waals surface area (Å²) in [5.41, 5.74) is 3.49. The zero-order chi connectivity index (χ0) is 16.1. The van der Waals surface area contributed by atoms with Crippen LogP contribution in [0.15, 0.2) is 66.7 Å². The second-order valence-corrected chi connectivity index (χ2v) is 6.23. The lowest BCUT2D eigenvalue weighted by Crippen LogP contribution is -2.03. The maximum absolute atomic E-state index is 5.91. The van der Waals surface area contributed by atoms with Crippen LogP contribution < -0.4 is 9.47 Å². The fraction of sp³-hybridized carbons (Fsp3) is 0.0909. The maximum atomic E-state index is 5.91. The summed E-state index contributed by atoms with van der Waals surface area (Å²) in [7, 11) is 0. The van der Waals surface area contributed by atoms with Crippen molar-refractivity contribution in [3.05, 3.63) is 72.3 Å². The fourth-order valence-electron chi connectivity index (χ4n) is 3.58. The van der Waals surface area contributed by atoms with E-state index in [0.29, 0.717) is 0 Å². The van der Waals surface area contributed by atoms with Crippen LogP contribution in [0.1, 0.15) is 5.56 Å². The van der Waals surface area contributed by atoms with E-state index >= 15 is 0 Å². The van der Waals surface area contributed by atoms with Gasteiger partial charge in [0.25, 0.3) is 0 Å². The van der Waals surface area contributed by atoms with E-state index in [2.05, 4.69) is 61.5 Å². The summed E-state index contributed by atoms with van der Waals surface area (Å²) in [5, 5.41) is 4.81. The Morgan fingerprint density at radius 1 is 0.667 bits per heavy atom. The van der Waals surface area contributed by atoms with Gasteiger partial charge in [0.2, 0.25) is 6.79 Å². The van der Waals surface area contributed by atoms with Gasteiger partial charge in [0.15, 0.2) is 0 Å². The van der Waals surface area contributed by atoms with Crippen molar-refractivity contribution in [2.24, 2.45) is 0 Å². The minimum Gasteiger partial charge on any atom is -0.457 e. The molecule has 0 aliphatic carbocycles. The normalized spacial score (nSPS) is 12.9. The smallest absolute Gasteiger partial charge is 0.230 e. The van der Waals surface area contributed by atoms with Crippen molar-refractivity contribution in [1.82, 2.24) is 0 Å². The Bertz CT molecular complexity index is 1100. The summed E-state index contributed by atoms with van der Waals surface area (Å²) in [6, 6.07) is 23.3. The van der Waals surface area contributed by atoms with E-state index in [1.165, 1.54) is 27.1 Å². The highest BCUT2D eigenvalue weighted by molar-refractivity contribution is 6.10. The third-order valence-corrected chi connectivity index (χ3v) is 4.71. The Kier molecular flexibility index (Phi) is 2.80. The van der Waals surface area contributed by atoms with E-state index < -0.39 is 0 Å². The molecule has 0 aromatic heterocycles. The van der Waals surface area contributed by atoms with Gasteiger partial charge in [-0.1, -0.05) is 60.2 Å². The first-order valence-electron chi connectivity index (χ1n) is 8.12. The Morgan fingerprint density at radius 3 is 2.08 bits per heavy atom. The predicted molar refractivity (Wildman–Crippen MR) is 97.8 cm³/mol. The van der Waals surface area contributed by atoms with Gasteiger partial charge in [-0.05, 0) is 40.6 Å². The predicted octanol–water partition coefficient (Wildman–Crippen LogP) is 5.70. The van der Waals surface area contributed by atoms with Crippen LogP contribution in [0.5, 0.6) is 11.5 Å². The van der Waals surface area contributed by atoms with Crippen molar-refractivity contribution in [1.29, 1.82) is 0 Å². The fourth-order valence-corrected chi connectivity index (χ4v) is 3.58. The van der Waals surface area contributed by atoms with Gasteiger partial charge in [-0.25, -0.2) is 0 Å². The molecule has 2 heteroatoms. The molecular weight excluding hydrogens is 296 g/mol. The molecule has 5 rings (SSSR count). The van der Waals surface area contributed by atoms with Gasteiger partial charge in [-0.15, -0.1) is 0 Å². The van der Waals surface area contributed by atoms with Gasteiger partial charge < -0.3 is 9.47 Å². The molecule has 24 heavy (non-hydrogen) atoms. The highest BCUT2D eigenvalue weighted by atomic mass is 16.7. The number of rotatable bonds is 0. The Labute approximate surface area is 140 Å². The van der Waals surface area contributed by atoms with E-state index in [-0.39, 0.29) is 6.79 Å². The molecule has 0 atom stereocenters. The second kappa shape index (κ2) is 5.00. The zero-order valence-corrected chi connectivity index (χ0v) is 13.4. The summed E-state index contributed by atoms with van der Waals surface area (Å²) in [6.07, 6.45) is 0. The lowest BCUT2D eigenvalue weighted by Gasteiger charge is -2.14. The molecule has 0 unspecified atom stereocenters. The largest absolute Gasteiger partial charge is 0.457 e. The third-order valence-electron chi connectivity index (χ3n) is 4.71. The van der Waals surface area contributed by atoms with Crippen molar-refractivity contribution >= 4 is 21.5 Å². The highest BCUT2D eigenvalue weighted by Gasteiger charge is 2.21. The molecule has 1 heterocycles. The lowest BCUT2D eigenvalue weighted by atomic mass is 9.92. The molecular formula is C22H16O2. The van der Waals surface area contributed by atoms with E-state index in [4.69, 9.17) is 9.47 Å². The van der Waals surface area contributed by atoms with Crippen molar-refractivity contribution in [2.45, 2.75) is 6.92 Å². The highest BCUT2D eigenvalue weighted by Crippen LogP contribution is 2.46. The summed E-state index contributed by atoms with van der Waals surface area (Å²) in [5.74, 6) is 1.75. The summed E-state index contributed by atoms with van der Waals surface area (Å²) in [6.45, 7) is 2.35. The number of aryl methyl sites for hydroxylation is 1. The quantitative estimate of drug-likeness (QED) is 0.415. The van der Waals surface area contributed by atoms with E-state index in [1.54, 1.807) is 0 Å². The van der Waals surface area contributed by atoms with Crippen molar-refractivity contribution in [2.75, 3.05) is 6.79 Å². The molecule has 0 N–H and O–H groups in total. The van der Waals surface area contributed by atoms with Crippen LogP contribution in [0.3, 0.4) is 0 Å². The molecule has 4 aromatic rings. The molecule has 0 radical (unpaired) electrons. The minimum atomic E-state index is 0.232. The number of ether oxygens (including phenoxy) is 2. The van der Waals surface area contributed by atoms with E-state index in [9.17, 15) is 0 Å². The van der Waals surface area contributed by atoms with Crippen molar-refractivity contribution in [3.63, 3.8) is 0 Å². The Morgan fingerprint density at radius 2 is 1.29 bits per heavy atom. The molecule has 116 valence electrons. The minimum absolute atomic E-state index is 0.232. The molecule has 0 fully saturated rings. The molecule has 1 aliphatic heterocycles. The monoisotopic (exact) mass is 312 g/mol. The first-order valence-corrected chi connectivity index (χ1v) is 8.12. The number of fused-ring (bicyclic) bond motifs is 7. The molecule has 1 aliphatic rings. The van der Waals surface area contributed by atoms with Crippen LogP contribution in [0, 0.1) is 6.92 Å². The number of hydrogen-bond acceptors (Lipinski definition) is 2. The maximum Gasteiger partial charge on any atom is 0.230 e. The average Bonchev–Trinajstić information content (AvgIpc) is 2.81. The van der Waals surface area contributed by atoms with Crippen LogP contribution in [-0.2, 0) is 0 Å². The van der Waals surface area contributed by atoms with Gasteiger partial charge in [-0.3, -0.25) is 0 Å². The molecule has 0 saturated heterocycles. The standard InChI is InChI=1S/C22H16O2/c1-14-6-7-16-9-11-20-22(18(16)12-14)21-17-5-3-2-4-15(17)8-10-19(21)23-13-24-20/h2-12H,13H2,1H3. The third kappa shape index (κ3) is 1.89. The van der Waals surface area contributed by atoms with Gasteiger partial charge in [-0.2, -0.15) is 0 Å². The van der Waals surface area contributed by atoms with Crippen molar-refractivity contribution < 1.29 is 9.47 Å². The summed E-state index contributed by atoms with van der Waals surface area (Å²) in [4.78, 5) is 0. The van der Waals surface area contributed by atoms with Crippen LogP contribution in [0.4, 0.5) is 0 Å². The summed E-state index contributed by atoms with van der Waals surface area (Å²) < 4.78 is 11.8. The SMILES string of the molecule is Cc1ccc2ccc3c(c2c1)-c1c(ccc2ccccc12)OCO3. The van der Waals surface area contributed by atoms with Crippen LogP contribution in [0.25, 0.3) is 32.7 Å². The first-order chi connectivity index (χ1) is 11.8. The van der Waals surface area contributed by atoms with Crippen LogP contribution in [-0.4, -0.2) is 6.79 Å². The Hall–Kier alpha value is -3.00. The lowest BCUT2D eigenvalue weighted by molar-refractivity contribution is 0.125. The topological polar surface area (TPSA) is 18.5 Å². The van der Waals surface area contributed by atoms with E-state index in [0.717, 1.165) is 22.6 Å². The van der Waals surface area contributed by atoms with Gasteiger partial charge >= 0.3 is 0 Å². The zero-order valence-electron chi connectivity index (χ0n) is 13.4. The van der Waals surface area contributed by atoms with Gasteiger partial charge in [0, 0.05) is 11.1 Å². The average molecular weight is 312 g/mol. The van der Waals surface area contributed by atoms with Crippen LogP contribution >= 0.6 is 0 Å². The number of hydrogen-bond donors (Lipinski definition) is 0. The molecule has 2 nitrogen and oxygen atoms in total. The molecule has 0 saturated carbocycles.